The summed E-state index contributed by atoms with van der Waals surface area (Å²) in [4.78, 5) is 4.28. The average molecular weight is 212 g/mol. The molecule has 0 unspecified atom stereocenters. The van der Waals surface area contributed by atoms with E-state index in [-0.39, 0.29) is 0 Å². The number of aromatic nitrogens is 1. The average Bonchev–Trinajstić information content (AvgIpc) is 2.32. The van der Waals surface area contributed by atoms with Crippen molar-refractivity contribution in [1.82, 2.24) is 4.98 Å². The summed E-state index contributed by atoms with van der Waals surface area (Å²) in [5.41, 5.74) is 4.78. The van der Waals surface area contributed by atoms with Crippen molar-refractivity contribution in [3.05, 3.63) is 59.4 Å². The molecule has 1 heterocycles. The highest BCUT2D eigenvalue weighted by Gasteiger charge is 1.98. The predicted octanol–water partition coefficient (Wildman–Crippen LogP) is 3.31. The number of anilines is 1. The first-order valence-corrected chi connectivity index (χ1v) is 5.47. The van der Waals surface area contributed by atoms with Gasteiger partial charge in [0.15, 0.2) is 0 Å². The van der Waals surface area contributed by atoms with Gasteiger partial charge in [0.25, 0.3) is 0 Å². The predicted molar refractivity (Wildman–Crippen MR) is 67.5 cm³/mol. The number of hydrogen-bond acceptors (Lipinski definition) is 2. The van der Waals surface area contributed by atoms with Gasteiger partial charge >= 0.3 is 0 Å². The number of rotatable bonds is 3. The number of nitrogens with zero attached hydrogens (tertiary/aromatic N) is 1. The molecule has 2 rings (SSSR count). The fourth-order valence-corrected chi connectivity index (χ4v) is 1.61. The highest BCUT2D eigenvalue weighted by Crippen LogP contribution is 2.16. The van der Waals surface area contributed by atoms with Crippen molar-refractivity contribution in [2.45, 2.75) is 20.4 Å². The van der Waals surface area contributed by atoms with E-state index in [0.29, 0.717) is 0 Å². The van der Waals surface area contributed by atoms with Crippen LogP contribution in [0, 0.1) is 13.8 Å². The zero-order chi connectivity index (χ0) is 11.4. The maximum absolute atomic E-state index is 4.28. The van der Waals surface area contributed by atoms with Gasteiger partial charge in [-0.3, -0.25) is 4.98 Å². The molecule has 2 aromatic rings. The van der Waals surface area contributed by atoms with Crippen LogP contribution in [-0.4, -0.2) is 4.98 Å². The lowest BCUT2D eigenvalue weighted by Gasteiger charge is -2.09. The van der Waals surface area contributed by atoms with Gasteiger partial charge in [-0.05, 0) is 43.2 Å². The van der Waals surface area contributed by atoms with E-state index in [1.165, 1.54) is 16.8 Å². The lowest BCUT2D eigenvalue weighted by atomic mass is 10.1. The van der Waals surface area contributed by atoms with Crippen molar-refractivity contribution in [2.75, 3.05) is 5.32 Å². The molecule has 2 nitrogen and oxygen atoms in total. The molecule has 16 heavy (non-hydrogen) atoms. The normalized spacial score (nSPS) is 10.1. The Labute approximate surface area is 96.4 Å². The van der Waals surface area contributed by atoms with Crippen LogP contribution in [0.15, 0.2) is 42.6 Å². The van der Waals surface area contributed by atoms with Crippen LogP contribution < -0.4 is 5.32 Å². The minimum Gasteiger partial charge on any atom is -0.379 e. The van der Waals surface area contributed by atoms with Crippen LogP contribution in [0.4, 0.5) is 5.69 Å². The SMILES string of the molecule is Cc1ccc(C)c(NCc2ccccn2)c1. The second-order valence-corrected chi connectivity index (χ2v) is 3.99. The Bertz CT molecular complexity index is 463. The smallest absolute Gasteiger partial charge is 0.0594 e. The van der Waals surface area contributed by atoms with E-state index in [9.17, 15) is 0 Å². The topological polar surface area (TPSA) is 24.9 Å². The highest BCUT2D eigenvalue weighted by molar-refractivity contribution is 5.52. The van der Waals surface area contributed by atoms with Gasteiger partial charge in [-0.15, -0.1) is 0 Å². The second kappa shape index (κ2) is 4.79. The fraction of sp³-hybridized carbons (Fsp3) is 0.214. The Kier molecular flexibility index (Phi) is 3.20. The molecule has 0 radical (unpaired) electrons. The van der Waals surface area contributed by atoms with Gasteiger partial charge in [0.1, 0.15) is 0 Å². The largest absolute Gasteiger partial charge is 0.379 e. The summed E-state index contributed by atoms with van der Waals surface area (Å²) in [5.74, 6) is 0. The van der Waals surface area contributed by atoms with Gasteiger partial charge < -0.3 is 5.32 Å². The quantitative estimate of drug-likeness (QED) is 0.844. The minimum absolute atomic E-state index is 0.769. The van der Waals surface area contributed by atoms with E-state index in [1.807, 2.05) is 24.4 Å². The van der Waals surface area contributed by atoms with Crippen LogP contribution >= 0.6 is 0 Å². The van der Waals surface area contributed by atoms with Crippen molar-refractivity contribution >= 4 is 5.69 Å². The summed E-state index contributed by atoms with van der Waals surface area (Å²) in [6, 6.07) is 12.4. The Morgan fingerprint density at radius 2 is 2.00 bits per heavy atom. The Morgan fingerprint density at radius 1 is 1.12 bits per heavy atom. The standard InChI is InChI=1S/C14H16N2/c1-11-6-7-12(2)14(9-11)16-10-13-5-3-4-8-15-13/h3-9,16H,10H2,1-2H3. The molecule has 0 spiro atoms. The molecule has 0 aliphatic heterocycles. The van der Waals surface area contributed by atoms with Crippen molar-refractivity contribution < 1.29 is 0 Å². The van der Waals surface area contributed by atoms with E-state index in [0.717, 1.165) is 12.2 Å². The number of pyridine rings is 1. The summed E-state index contributed by atoms with van der Waals surface area (Å²) in [5, 5.41) is 3.41. The molecular formula is C14H16N2. The monoisotopic (exact) mass is 212 g/mol. The second-order valence-electron chi connectivity index (χ2n) is 3.99. The molecule has 0 bridgehead atoms. The maximum atomic E-state index is 4.28. The highest BCUT2D eigenvalue weighted by atomic mass is 14.9. The van der Waals surface area contributed by atoms with Crippen LogP contribution in [0.1, 0.15) is 16.8 Å². The lowest BCUT2D eigenvalue weighted by molar-refractivity contribution is 1.04. The molecule has 82 valence electrons. The third-order valence-electron chi connectivity index (χ3n) is 2.58. The summed E-state index contributed by atoms with van der Waals surface area (Å²) < 4.78 is 0. The molecule has 0 atom stereocenters. The van der Waals surface area contributed by atoms with Gasteiger partial charge in [-0.2, -0.15) is 0 Å². The van der Waals surface area contributed by atoms with Crippen LogP contribution in [0.5, 0.6) is 0 Å². The lowest BCUT2D eigenvalue weighted by Crippen LogP contribution is -2.02. The van der Waals surface area contributed by atoms with E-state index < -0.39 is 0 Å². The molecular weight excluding hydrogens is 196 g/mol. The molecule has 1 aromatic carbocycles. The molecule has 0 aliphatic rings. The molecule has 1 N–H and O–H groups in total. The van der Waals surface area contributed by atoms with E-state index in [1.54, 1.807) is 0 Å². The Balaban J connectivity index is 2.08. The first-order chi connectivity index (χ1) is 7.75. The molecule has 0 saturated heterocycles. The van der Waals surface area contributed by atoms with Gasteiger partial charge in [-0.1, -0.05) is 18.2 Å². The number of aryl methyl sites for hydroxylation is 2. The molecule has 0 amide bonds. The zero-order valence-electron chi connectivity index (χ0n) is 9.70. The molecule has 0 aliphatic carbocycles. The van der Waals surface area contributed by atoms with Gasteiger partial charge in [-0.25, -0.2) is 0 Å². The molecule has 1 aromatic heterocycles. The molecule has 2 heteroatoms. The minimum atomic E-state index is 0.769. The van der Waals surface area contributed by atoms with E-state index in [2.05, 4.69) is 42.3 Å². The van der Waals surface area contributed by atoms with Gasteiger partial charge in [0, 0.05) is 11.9 Å². The Morgan fingerprint density at radius 3 is 2.75 bits per heavy atom. The number of benzene rings is 1. The third-order valence-corrected chi connectivity index (χ3v) is 2.58. The van der Waals surface area contributed by atoms with Crippen LogP contribution in [0.3, 0.4) is 0 Å². The van der Waals surface area contributed by atoms with Crippen molar-refractivity contribution in [1.29, 1.82) is 0 Å². The van der Waals surface area contributed by atoms with Crippen molar-refractivity contribution in [2.24, 2.45) is 0 Å². The summed E-state index contributed by atoms with van der Waals surface area (Å²) >= 11 is 0. The van der Waals surface area contributed by atoms with Crippen molar-refractivity contribution in [3.63, 3.8) is 0 Å². The maximum Gasteiger partial charge on any atom is 0.0594 e. The van der Waals surface area contributed by atoms with E-state index in [4.69, 9.17) is 0 Å². The first-order valence-electron chi connectivity index (χ1n) is 5.47. The van der Waals surface area contributed by atoms with Gasteiger partial charge in [0.05, 0.1) is 12.2 Å². The molecule has 0 fully saturated rings. The van der Waals surface area contributed by atoms with E-state index >= 15 is 0 Å². The van der Waals surface area contributed by atoms with Crippen LogP contribution in [0.2, 0.25) is 0 Å². The Hall–Kier alpha value is -1.83. The fourth-order valence-electron chi connectivity index (χ4n) is 1.61. The summed E-state index contributed by atoms with van der Waals surface area (Å²) in [6.07, 6.45) is 1.82. The number of hydrogen-bond donors (Lipinski definition) is 1. The summed E-state index contributed by atoms with van der Waals surface area (Å²) in [6.45, 7) is 4.98. The first kappa shape index (κ1) is 10.7. The summed E-state index contributed by atoms with van der Waals surface area (Å²) in [7, 11) is 0. The third kappa shape index (κ3) is 2.60. The molecule has 0 saturated carbocycles. The van der Waals surface area contributed by atoms with Crippen LogP contribution in [0.25, 0.3) is 0 Å². The van der Waals surface area contributed by atoms with Gasteiger partial charge in [0.2, 0.25) is 0 Å². The van der Waals surface area contributed by atoms with Crippen molar-refractivity contribution in [3.8, 4) is 0 Å². The van der Waals surface area contributed by atoms with Crippen LogP contribution in [-0.2, 0) is 6.54 Å². The number of nitrogens with one attached hydrogen (secondary N) is 1. The zero-order valence-corrected chi connectivity index (χ0v) is 9.70.